The summed E-state index contributed by atoms with van der Waals surface area (Å²) in [5.74, 6) is 0.925. The van der Waals surface area contributed by atoms with Crippen LogP contribution in [-0.4, -0.2) is 6.04 Å². The number of hydrogen-bond donors (Lipinski definition) is 1. The van der Waals surface area contributed by atoms with Crippen molar-refractivity contribution in [2.24, 2.45) is 5.92 Å². The molecule has 16 heavy (non-hydrogen) atoms. The third-order valence-corrected chi connectivity index (χ3v) is 4.26. The molecule has 0 aliphatic heterocycles. The zero-order chi connectivity index (χ0) is 11.0. The number of rotatable bonds is 2. The van der Waals surface area contributed by atoms with Gasteiger partial charge in [-0.15, -0.1) is 0 Å². The highest BCUT2D eigenvalue weighted by atomic mass is 15.0. The Labute approximate surface area is 98.3 Å². The number of benzene rings is 1. The van der Waals surface area contributed by atoms with Gasteiger partial charge in [0.25, 0.3) is 0 Å². The molecule has 0 radical (unpaired) electrons. The summed E-state index contributed by atoms with van der Waals surface area (Å²) in [6.07, 6.45) is 6.71. The van der Waals surface area contributed by atoms with Gasteiger partial charge in [0.15, 0.2) is 0 Å². The van der Waals surface area contributed by atoms with E-state index in [1.165, 1.54) is 32.1 Å². The third-order valence-electron chi connectivity index (χ3n) is 4.26. The molecule has 0 spiro atoms. The van der Waals surface area contributed by atoms with Gasteiger partial charge in [0.05, 0.1) is 0 Å². The Morgan fingerprint density at radius 2 is 2.00 bits per heavy atom. The zero-order valence-electron chi connectivity index (χ0n) is 10.1. The van der Waals surface area contributed by atoms with Crippen LogP contribution in [0.1, 0.15) is 49.8 Å². The first-order valence-electron chi connectivity index (χ1n) is 6.67. The Morgan fingerprint density at radius 1 is 1.12 bits per heavy atom. The van der Waals surface area contributed by atoms with Gasteiger partial charge < -0.3 is 5.32 Å². The molecule has 3 unspecified atom stereocenters. The third kappa shape index (κ3) is 1.89. The maximum atomic E-state index is 3.86. The van der Waals surface area contributed by atoms with E-state index >= 15 is 0 Å². The van der Waals surface area contributed by atoms with E-state index in [9.17, 15) is 0 Å². The molecule has 0 amide bonds. The minimum Gasteiger partial charge on any atom is -0.307 e. The van der Waals surface area contributed by atoms with E-state index in [0.717, 1.165) is 12.0 Å². The van der Waals surface area contributed by atoms with Gasteiger partial charge in [-0.25, -0.2) is 0 Å². The van der Waals surface area contributed by atoms with Crippen molar-refractivity contribution in [1.82, 2.24) is 5.32 Å². The lowest BCUT2D eigenvalue weighted by Gasteiger charge is -2.19. The van der Waals surface area contributed by atoms with Crippen molar-refractivity contribution in [3.63, 3.8) is 0 Å². The van der Waals surface area contributed by atoms with Crippen molar-refractivity contribution >= 4 is 0 Å². The lowest BCUT2D eigenvalue weighted by Crippen LogP contribution is -2.29. The van der Waals surface area contributed by atoms with Crippen LogP contribution in [0.4, 0.5) is 0 Å². The first kappa shape index (κ1) is 10.3. The molecule has 0 saturated heterocycles. The zero-order valence-corrected chi connectivity index (χ0v) is 10.1. The molecule has 1 saturated carbocycles. The maximum Gasteiger partial charge on any atom is 0.0328 e. The minimum atomic E-state index is 0.631. The van der Waals surface area contributed by atoms with Crippen LogP contribution in [-0.2, 0) is 6.42 Å². The van der Waals surface area contributed by atoms with E-state index in [0.29, 0.717) is 6.04 Å². The molecule has 1 nitrogen and oxygen atoms in total. The first-order chi connectivity index (χ1) is 7.83. The van der Waals surface area contributed by atoms with Gasteiger partial charge in [0.1, 0.15) is 0 Å². The van der Waals surface area contributed by atoms with Gasteiger partial charge in [0, 0.05) is 12.1 Å². The predicted molar refractivity (Wildman–Crippen MR) is 67.4 cm³/mol. The molecule has 1 aromatic carbocycles. The van der Waals surface area contributed by atoms with Crippen LogP contribution in [0, 0.1) is 5.92 Å². The molecule has 3 atom stereocenters. The summed E-state index contributed by atoms with van der Waals surface area (Å²) < 4.78 is 0. The highest BCUT2D eigenvalue weighted by molar-refractivity contribution is 5.34. The molecule has 86 valence electrons. The normalized spacial score (nSPS) is 32.9. The van der Waals surface area contributed by atoms with Crippen LogP contribution in [0.3, 0.4) is 0 Å². The second-order valence-corrected chi connectivity index (χ2v) is 5.57. The van der Waals surface area contributed by atoms with Crippen molar-refractivity contribution in [2.45, 2.75) is 51.1 Å². The summed E-state index contributed by atoms with van der Waals surface area (Å²) in [7, 11) is 0. The fraction of sp³-hybridized carbons (Fsp3) is 0.600. The number of fused-ring (bicyclic) bond motifs is 1. The van der Waals surface area contributed by atoms with Crippen molar-refractivity contribution < 1.29 is 0 Å². The van der Waals surface area contributed by atoms with E-state index in [-0.39, 0.29) is 0 Å². The van der Waals surface area contributed by atoms with E-state index in [1.807, 2.05) is 0 Å². The van der Waals surface area contributed by atoms with Gasteiger partial charge in [0.2, 0.25) is 0 Å². The second kappa shape index (κ2) is 4.21. The Hall–Kier alpha value is -0.820. The fourth-order valence-electron chi connectivity index (χ4n) is 3.37. The molecule has 0 aromatic heterocycles. The number of aryl methyl sites for hydroxylation is 1. The smallest absolute Gasteiger partial charge is 0.0328 e. The molecule has 0 heterocycles. The summed E-state index contributed by atoms with van der Waals surface area (Å²) in [6, 6.07) is 10.3. The van der Waals surface area contributed by atoms with Crippen LogP contribution in [0.2, 0.25) is 0 Å². The van der Waals surface area contributed by atoms with Gasteiger partial charge >= 0.3 is 0 Å². The van der Waals surface area contributed by atoms with Gasteiger partial charge in [-0.3, -0.25) is 0 Å². The van der Waals surface area contributed by atoms with Gasteiger partial charge in [-0.2, -0.15) is 0 Å². The first-order valence-corrected chi connectivity index (χ1v) is 6.67. The van der Waals surface area contributed by atoms with E-state index < -0.39 is 0 Å². The lowest BCUT2D eigenvalue weighted by atomic mass is 10.1. The van der Waals surface area contributed by atoms with Crippen molar-refractivity contribution in [2.75, 3.05) is 0 Å². The van der Waals surface area contributed by atoms with Crippen LogP contribution >= 0.6 is 0 Å². The average molecular weight is 215 g/mol. The Morgan fingerprint density at radius 3 is 2.81 bits per heavy atom. The van der Waals surface area contributed by atoms with Crippen LogP contribution < -0.4 is 5.32 Å². The number of hydrogen-bond acceptors (Lipinski definition) is 1. The van der Waals surface area contributed by atoms with Gasteiger partial charge in [-0.1, -0.05) is 31.2 Å². The van der Waals surface area contributed by atoms with E-state index in [2.05, 4.69) is 36.5 Å². The maximum absolute atomic E-state index is 3.86. The quantitative estimate of drug-likeness (QED) is 0.796. The molecule has 1 aromatic rings. The van der Waals surface area contributed by atoms with Crippen LogP contribution in [0.15, 0.2) is 24.3 Å². The SMILES string of the molecule is CC1CCC(NC2CCc3ccccc32)C1. The largest absolute Gasteiger partial charge is 0.307 e. The predicted octanol–water partition coefficient (Wildman–Crippen LogP) is 3.45. The number of nitrogens with one attached hydrogen (secondary N) is 1. The molecule has 1 heteroatoms. The summed E-state index contributed by atoms with van der Waals surface area (Å²) in [5, 5.41) is 3.86. The topological polar surface area (TPSA) is 12.0 Å². The van der Waals surface area contributed by atoms with E-state index in [4.69, 9.17) is 0 Å². The summed E-state index contributed by atoms with van der Waals surface area (Å²) in [5.41, 5.74) is 3.12. The monoisotopic (exact) mass is 215 g/mol. The fourth-order valence-corrected chi connectivity index (χ4v) is 3.37. The Kier molecular flexibility index (Phi) is 2.72. The van der Waals surface area contributed by atoms with Crippen molar-refractivity contribution in [1.29, 1.82) is 0 Å². The molecule has 2 aliphatic rings. The summed E-state index contributed by atoms with van der Waals surface area (Å²) in [6.45, 7) is 2.38. The highest BCUT2D eigenvalue weighted by Crippen LogP contribution is 2.33. The summed E-state index contributed by atoms with van der Waals surface area (Å²) in [4.78, 5) is 0. The molecular formula is C15H21N. The van der Waals surface area contributed by atoms with Gasteiger partial charge in [-0.05, 0) is 49.1 Å². The molecule has 3 rings (SSSR count). The molecule has 1 fully saturated rings. The second-order valence-electron chi connectivity index (χ2n) is 5.57. The van der Waals surface area contributed by atoms with E-state index in [1.54, 1.807) is 11.1 Å². The molecule has 0 bridgehead atoms. The standard InChI is InChI=1S/C15H21N/c1-11-6-8-13(10-11)16-15-9-7-12-4-2-3-5-14(12)15/h2-5,11,13,15-16H,6-10H2,1H3. The molecule has 2 aliphatic carbocycles. The lowest BCUT2D eigenvalue weighted by molar-refractivity contribution is 0.428. The minimum absolute atomic E-state index is 0.631. The Balaban J connectivity index is 1.69. The summed E-state index contributed by atoms with van der Waals surface area (Å²) >= 11 is 0. The van der Waals surface area contributed by atoms with Crippen LogP contribution in [0.25, 0.3) is 0 Å². The average Bonchev–Trinajstić information content (AvgIpc) is 2.87. The van der Waals surface area contributed by atoms with Crippen molar-refractivity contribution in [3.05, 3.63) is 35.4 Å². The highest BCUT2D eigenvalue weighted by Gasteiger charge is 2.27. The molecular weight excluding hydrogens is 194 g/mol. The molecule has 1 N–H and O–H groups in total. The van der Waals surface area contributed by atoms with Crippen LogP contribution in [0.5, 0.6) is 0 Å². The van der Waals surface area contributed by atoms with Crippen molar-refractivity contribution in [3.8, 4) is 0 Å². The Bertz CT molecular complexity index is 371.